The molecule has 0 aliphatic carbocycles. The van der Waals surface area contributed by atoms with Crippen LogP contribution >= 0.6 is 11.3 Å². The van der Waals surface area contributed by atoms with Gasteiger partial charge in [0.25, 0.3) is 0 Å². The fraction of sp³-hybridized carbons (Fsp3) is 0.385. The normalized spacial score (nSPS) is 21.0. The first-order valence-corrected chi connectivity index (χ1v) is 12.4. The van der Waals surface area contributed by atoms with Crippen molar-refractivity contribution in [2.75, 3.05) is 37.7 Å². The smallest absolute Gasteiger partial charge is 0.248 e. The van der Waals surface area contributed by atoms with Crippen LogP contribution in [0.3, 0.4) is 0 Å². The van der Waals surface area contributed by atoms with E-state index in [-0.39, 0.29) is 12.0 Å². The van der Waals surface area contributed by atoms with Gasteiger partial charge in [-0.2, -0.15) is 5.26 Å². The van der Waals surface area contributed by atoms with Gasteiger partial charge in [0.1, 0.15) is 6.07 Å². The molecule has 0 bridgehead atoms. The van der Waals surface area contributed by atoms with E-state index in [0.29, 0.717) is 18.2 Å². The zero-order chi connectivity index (χ0) is 22.9. The first-order chi connectivity index (χ1) is 16.0. The molecule has 5 rings (SSSR count). The van der Waals surface area contributed by atoms with Crippen LogP contribution in [-0.4, -0.2) is 49.6 Å². The van der Waals surface area contributed by atoms with Crippen LogP contribution in [0, 0.1) is 11.3 Å². The molecule has 7 heteroatoms. The molecule has 0 unspecified atom stereocenters. The maximum Gasteiger partial charge on any atom is 0.248 e. The van der Waals surface area contributed by atoms with Crippen LogP contribution in [-0.2, 0) is 11.2 Å². The molecule has 2 atom stereocenters. The predicted molar refractivity (Wildman–Crippen MR) is 132 cm³/mol. The molecule has 0 radical (unpaired) electrons. The summed E-state index contributed by atoms with van der Waals surface area (Å²) >= 11 is 1.64. The number of carbonyl (C=O) groups excluding carboxylic acids is 1. The number of primary amides is 1. The van der Waals surface area contributed by atoms with E-state index in [1.807, 2.05) is 23.6 Å². The summed E-state index contributed by atoms with van der Waals surface area (Å²) in [5, 5.41) is 12.2. The molecule has 0 saturated carbocycles. The molecule has 3 heterocycles. The van der Waals surface area contributed by atoms with Crippen LogP contribution in [0.2, 0.25) is 0 Å². The first-order valence-electron chi connectivity index (χ1n) is 11.5. The van der Waals surface area contributed by atoms with Crippen molar-refractivity contribution in [3.05, 3.63) is 64.0 Å². The second kappa shape index (κ2) is 9.14. The fourth-order valence-corrected chi connectivity index (χ4v) is 5.99. The summed E-state index contributed by atoms with van der Waals surface area (Å²) in [4.78, 5) is 16.5. The van der Waals surface area contributed by atoms with Crippen LogP contribution in [0.15, 0.2) is 41.8 Å². The van der Waals surface area contributed by atoms with E-state index in [0.717, 1.165) is 50.0 Å². The molecular weight excluding hydrogens is 432 g/mol. The van der Waals surface area contributed by atoms with E-state index in [1.54, 1.807) is 11.3 Å². The van der Waals surface area contributed by atoms with Crippen molar-refractivity contribution in [2.45, 2.75) is 31.9 Å². The minimum absolute atomic E-state index is 0.0662. The molecule has 1 amide bonds. The number of piperazine rings is 1. The van der Waals surface area contributed by atoms with Gasteiger partial charge in [0.05, 0.1) is 18.3 Å². The van der Waals surface area contributed by atoms with Gasteiger partial charge in [0, 0.05) is 58.9 Å². The van der Waals surface area contributed by atoms with Crippen molar-refractivity contribution < 1.29 is 9.53 Å². The lowest BCUT2D eigenvalue weighted by atomic mass is 9.93. The number of ether oxygens (including phenoxy) is 1. The summed E-state index contributed by atoms with van der Waals surface area (Å²) in [5.74, 6) is -0.378. The highest BCUT2D eigenvalue weighted by Gasteiger charge is 2.27. The highest BCUT2D eigenvalue weighted by molar-refractivity contribution is 7.17. The van der Waals surface area contributed by atoms with Crippen LogP contribution in [0.4, 0.5) is 5.69 Å². The number of anilines is 1. The van der Waals surface area contributed by atoms with Gasteiger partial charge < -0.3 is 15.4 Å². The third kappa shape index (κ3) is 4.34. The van der Waals surface area contributed by atoms with Gasteiger partial charge in [-0.1, -0.05) is 12.1 Å². The number of rotatable bonds is 5. The van der Waals surface area contributed by atoms with E-state index >= 15 is 0 Å². The van der Waals surface area contributed by atoms with E-state index in [1.165, 1.54) is 21.5 Å². The topological polar surface area (TPSA) is 82.6 Å². The molecule has 33 heavy (non-hydrogen) atoms. The van der Waals surface area contributed by atoms with Gasteiger partial charge in [0.2, 0.25) is 5.91 Å². The van der Waals surface area contributed by atoms with Crippen molar-refractivity contribution in [3.63, 3.8) is 0 Å². The third-order valence-electron chi connectivity index (χ3n) is 6.95. The van der Waals surface area contributed by atoms with Crippen molar-refractivity contribution in [2.24, 2.45) is 5.73 Å². The summed E-state index contributed by atoms with van der Waals surface area (Å²) in [6.07, 6.45) is 1.83. The quantitative estimate of drug-likeness (QED) is 0.620. The summed E-state index contributed by atoms with van der Waals surface area (Å²) in [5.41, 5.74) is 10.4. The molecule has 2 aromatic carbocycles. The van der Waals surface area contributed by atoms with Gasteiger partial charge in [0.15, 0.2) is 0 Å². The maximum absolute atomic E-state index is 11.5. The minimum Gasteiger partial charge on any atom is -0.373 e. The van der Waals surface area contributed by atoms with E-state index in [9.17, 15) is 10.1 Å². The van der Waals surface area contributed by atoms with E-state index < -0.39 is 0 Å². The Kier molecular flexibility index (Phi) is 6.07. The number of hydrogen-bond donors (Lipinski definition) is 1. The molecule has 1 aromatic heterocycles. The maximum atomic E-state index is 11.5. The highest BCUT2D eigenvalue weighted by atomic mass is 32.1. The molecule has 2 aliphatic rings. The van der Waals surface area contributed by atoms with Crippen LogP contribution in [0.25, 0.3) is 10.1 Å². The summed E-state index contributed by atoms with van der Waals surface area (Å²) < 4.78 is 7.27. The summed E-state index contributed by atoms with van der Waals surface area (Å²) in [6.45, 7) is 6.92. The van der Waals surface area contributed by atoms with Crippen molar-refractivity contribution in [3.8, 4) is 6.07 Å². The zero-order valence-electron chi connectivity index (χ0n) is 18.8. The Hall–Kier alpha value is -2.92. The van der Waals surface area contributed by atoms with Gasteiger partial charge in [-0.25, -0.2) is 0 Å². The third-order valence-corrected chi connectivity index (χ3v) is 7.90. The number of hydrogen-bond acceptors (Lipinski definition) is 6. The van der Waals surface area contributed by atoms with Gasteiger partial charge >= 0.3 is 0 Å². The van der Waals surface area contributed by atoms with Crippen LogP contribution < -0.4 is 10.6 Å². The van der Waals surface area contributed by atoms with Gasteiger partial charge in [-0.3, -0.25) is 9.69 Å². The number of benzene rings is 2. The minimum atomic E-state index is -0.378. The molecule has 170 valence electrons. The molecule has 1 saturated heterocycles. The second-order valence-corrected chi connectivity index (χ2v) is 9.86. The Morgan fingerprint density at radius 2 is 2.15 bits per heavy atom. The number of nitrogens with two attached hydrogens (primary N) is 1. The molecule has 1 fully saturated rings. The number of fused-ring (bicyclic) bond motifs is 2. The van der Waals surface area contributed by atoms with E-state index in [4.69, 9.17) is 10.5 Å². The number of nitrogens with zero attached hydrogens (tertiary/aromatic N) is 3. The van der Waals surface area contributed by atoms with Crippen LogP contribution in [0.1, 0.15) is 46.5 Å². The predicted octanol–water partition coefficient (Wildman–Crippen LogP) is 4.09. The molecular formula is C26H28N4O2S. The number of nitriles is 1. The molecule has 3 aromatic rings. The van der Waals surface area contributed by atoms with E-state index in [2.05, 4.69) is 41.0 Å². The second-order valence-electron chi connectivity index (χ2n) is 8.95. The molecule has 0 spiro atoms. The molecule has 2 aliphatic heterocycles. The number of amides is 1. The largest absolute Gasteiger partial charge is 0.373 e. The number of thiophene rings is 1. The Balaban J connectivity index is 1.21. The summed E-state index contributed by atoms with van der Waals surface area (Å²) in [7, 11) is 0. The Labute approximate surface area is 198 Å². The van der Waals surface area contributed by atoms with Crippen molar-refractivity contribution in [1.29, 1.82) is 5.26 Å². The lowest BCUT2D eigenvalue weighted by molar-refractivity contribution is 0.0255. The Morgan fingerprint density at radius 1 is 1.27 bits per heavy atom. The zero-order valence-corrected chi connectivity index (χ0v) is 19.6. The Morgan fingerprint density at radius 3 is 2.94 bits per heavy atom. The average Bonchev–Trinajstić information content (AvgIpc) is 3.25. The monoisotopic (exact) mass is 460 g/mol. The summed E-state index contributed by atoms with van der Waals surface area (Å²) in [6, 6.07) is 14.9. The average molecular weight is 461 g/mol. The molecule has 2 N–H and O–H groups in total. The van der Waals surface area contributed by atoms with Crippen LogP contribution in [0.5, 0.6) is 0 Å². The van der Waals surface area contributed by atoms with Crippen molar-refractivity contribution in [1.82, 2.24) is 4.90 Å². The molecule has 6 nitrogen and oxygen atoms in total. The number of carbonyl (C=O) groups is 1. The van der Waals surface area contributed by atoms with Gasteiger partial charge in [-0.05, 0) is 55.2 Å². The lowest BCUT2D eigenvalue weighted by Crippen LogP contribution is -2.52. The SMILES string of the molecule is C[C@@H]1CN(c2ccc3c(C#N)csc3c2)CCN1CC[C@@H]1OCCc2cc(C(N)=O)ccc21. The highest BCUT2D eigenvalue weighted by Crippen LogP contribution is 2.32. The Bertz CT molecular complexity index is 1230. The fourth-order valence-electron chi connectivity index (χ4n) is 5.07. The standard InChI is InChI=1S/C26H28N4O2S/c1-17-15-30(21-3-5-23-20(14-27)16-33-25(23)13-21)10-9-29(17)8-6-24-22-4-2-19(26(28)31)12-18(22)7-11-32-24/h2-5,12-13,16-17,24H,6-11,15H2,1H3,(H2,28,31)/t17-,24+/m1/s1. The lowest BCUT2D eigenvalue weighted by Gasteiger charge is -2.41. The first kappa shape index (κ1) is 21.9. The van der Waals surface area contributed by atoms with Gasteiger partial charge in [-0.15, -0.1) is 11.3 Å². The van der Waals surface area contributed by atoms with Crippen molar-refractivity contribution >= 4 is 33.0 Å².